The molecule has 4 rings (SSSR count). The van der Waals surface area contributed by atoms with Crippen molar-refractivity contribution >= 4 is 27.5 Å². The van der Waals surface area contributed by atoms with E-state index in [-0.39, 0.29) is 31.9 Å². The zero-order chi connectivity index (χ0) is 27.5. The smallest absolute Gasteiger partial charge is 0.419 e. The van der Waals surface area contributed by atoms with Gasteiger partial charge in [-0.05, 0) is 63.8 Å². The van der Waals surface area contributed by atoms with Gasteiger partial charge in [-0.3, -0.25) is 4.90 Å². The van der Waals surface area contributed by atoms with Crippen molar-refractivity contribution in [2.24, 2.45) is 0 Å². The summed E-state index contributed by atoms with van der Waals surface area (Å²) in [6, 6.07) is 13.4. The van der Waals surface area contributed by atoms with Gasteiger partial charge >= 0.3 is 6.18 Å². The zero-order valence-corrected chi connectivity index (χ0v) is 22.1. The molecule has 0 bridgehead atoms. The number of piperidine rings is 1. The van der Waals surface area contributed by atoms with E-state index in [4.69, 9.17) is 16.3 Å². The van der Waals surface area contributed by atoms with Gasteiger partial charge in [0.25, 0.3) is 0 Å². The molecule has 1 saturated heterocycles. The van der Waals surface area contributed by atoms with Crippen molar-refractivity contribution in [2.75, 3.05) is 26.2 Å². The van der Waals surface area contributed by atoms with Gasteiger partial charge in [0.05, 0.1) is 4.47 Å². The van der Waals surface area contributed by atoms with Crippen molar-refractivity contribution in [1.29, 1.82) is 0 Å². The molecule has 1 aromatic heterocycles. The summed E-state index contributed by atoms with van der Waals surface area (Å²) in [5, 5.41) is 20.2. The maximum absolute atomic E-state index is 14.6. The fourth-order valence-electron chi connectivity index (χ4n) is 3.96. The molecule has 200 valence electrons. The lowest BCUT2D eigenvalue weighted by Gasteiger charge is -2.42. The Balaban J connectivity index is 1.33. The van der Waals surface area contributed by atoms with Gasteiger partial charge in [-0.2, -0.15) is 13.2 Å². The van der Waals surface area contributed by atoms with Crippen LogP contribution < -0.4 is 4.74 Å². The quantitative estimate of drug-likeness (QED) is 0.296. The van der Waals surface area contributed by atoms with Crippen LogP contribution >= 0.6 is 27.5 Å². The fourth-order valence-corrected chi connectivity index (χ4v) is 4.58. The summed E-state index contributed by atoms with van der Waals surface area (Å²) in [5.41, 5.74) is -1.14. The Hall–Kier alpha value is -2.68. The molecule has 0 amide bonds. The summed E-state index contributed by atoms with van der Waals surface area (Å²) < 4.78 is 59.9. The number of aliphatic hydroxyl groups excluding tert-OH is 1. The van der Waals surface area contributed by atoms with E-state index >= 15 is 0 Å². The summed E-state index contributed by atoms with van der Waals surface area (Å²) >= 11 is 9.29. The average molecular weight is 614 g/mol. The monoisotopic (exact) mass is 612 g/mol. The van der Waals surface area contributed by atoms with Gasteiger partial charge in [-0.25, -0.2) is 9.37 Å². The number of ether oxygens (including phenoxy) is 1. The van der Waals surface area contributed by atoms with Crippen molar-refractivity contribution in [1.82, 2.24) is 9.88 Å². The molecule has 38 heavy (non-hydrogen) atoms. The summed E-state index contributed by atoms with van der Waals surface area (Å²) in [6.07, 6.45) is -5.91. The Bertz CT molecular complexity index is 1360. The molecule has 1 aliphatic heterocycles. The molecular weight excluding hydrogens is 592 g/mol. The first-order valence-corrected chi connectivity index (χ1v) is 12.7. The second-order valence-corrected chi connectivity index (χ2v) is 10.1. The van der Waals surface area contributed by atoms with Crippen molar-refractivity contribution in [3.63, 3.8) is 0 Å². The van der Waals surface area contributed by atoms with E-state index in [1.54, 1.807) is 47.4 Å². The van der Waals surface area contributed by atoms with Crippen LogP contribution in [0.5, 0.6) is 5.75 Å². The molecule has 5 nitrogen and oxygen atoms in total. The SMILES string of the molecule is O[C@H]1CN(CCOc2ccc(C#Cc3ncc(-c4ccc(Cl)cc4)cc3F)cc2Br)CC[C@]1(O)C(F)(F)F. The number of likely N-dealkylation sites (tertiary alicyclic amines) is 1. The van der Waals surface area contributed by atoms with Gasteiger partial charge in [-0.15, -0.1) is 0 Å². The highest BCUT2D eigenvalue weighted by atomic mass is 79.9. The van der Waals surface area contributed by atoms with Crippen molar-refractivity contribution < 1.29 is 32.5 Å². The predicted molar refractivity (Wildman–Crippen MR) is 138 cm³/mol. The summed E-state index contributed by atoms with van der Waals surface area (Å²) in [5.74, 6) is 5.51. The lowest BCUT2D eigenvalue weighted by atomic mass is 9.88. The molecule has 11 heteroatoms. The molecular formula is C27H22BrClF4N2O3. The van der Waals surface area contributed by atoms with Crippen molar-refractivity contribution in [2.45, 2.75) is 24.3 Å². The summed E-state index contributed by atoms with van der Waals surface area (Å²) in [4.78, 5) is 5.72. The standard InChI is InChI=1S/C27H22BrClF4N2O3/c28-21-13-17(1-7-23-22(30)14-19(15-34-23)18-3-5-20(29)6-4-18)2-8-24(21)38-12-11-35-10-9-26(37,25(36)16-35)27(31,32)33/h2-6,8,13-15,25,36-37H,9-12,16H2/t25-,26+/m0/s1. The van der Waals surface area contributed by atoms with Gasteiger partial charge in [0.2, 0.25) is 0 Å². The molecule has 1 aliphatic rings. The molecule has 0 radical (unpaired) electrons. The number of hydrogen-bond acceptors (Lipinski definition) is 5. The van der Waals surface area contributed by atoms with Crippen LogP contribution in [0.15, 0.2) is 59.2 Å². The number of alkyl halides is 3. The first kappa shape index (κ1) is 28.3. The highest BCUT2D eigenvalue weighted by Crippen LogP contribution is 2.38. The Kier molecular flexibility index (Phi) is 8.65. The van der Waals surface area contributed by atoms with Crippen molar-refractivity contribution in [3.05, 3.63) is 81.3 Å². The number of rotatable bonds is 5. The third kappa shape index (κ3) is 6.47. The summed E-state index contributed by atoms with van der Waals surface area (Å²) in [7, 11) is 0. The molecule has 2 heterocycles. The van der Waals surface area contributed by atoms with E-state index in [1.165, 1.54) is 12.3 Å². The molecule has 1 fully saturated rings. The van der Waals surface area contributed by atoms with Crippen molar-refractivity contribution in [3.8, 4) is 28.7 Å². The molecule has 2 N–H and O–H groups in total. The number of β-amino-alcohol motifs (C(OH)–C–C–N with tert-alkyl or cyclic N) is 1. The normalized spacial score (nSPS) is 20.1. The van der Waals surface area contributed by atoms with Gasteiger partial charge in [0.15, 0.2) is 11.4 Å². The number of nitrogens with zero attached hydrogens (tertiary/aromatic N) is 2. The molecule has 0 spiro atoms. The van der Waals surface area contributed by atoms with E-state index in [9.17, 15) is 27.8 Å². The molecule has 3 aromatic rings. The third-order valence-electron chi connectivity index (χ3n) is 6.22. The van der Waals surface area contributed by atoms with Crippen LogP contribution in [0.2, 0.25) is 5.02 Å². The Morgan fingerprint density at radius 2 is 1.87 bits per heavy atom. The zero-order valence-electron chi connectivity index (χ0n) is 19.8. The van der Waals surface area contributed by atoms with Crippen LogP contribution in [0.25, 0.3) is 11.1 Å². The number of benzene rings is 2. The molecule has 0 saturated carbocycles. The molecule has 2 atom stereocenters. The van der Waals surface area contributed by atoms with Gasteiger partial charge < -0.3 is 14.9 Å². The van der Waals surface area contributed by atoms with E-state index in [2.05, 4.69) is 32.8 Å². The van der Waals surface area contributed by atoms with Crippen LogP contribution in [0, 0.1) is 17.7 Å². The lowest BCUT2D eigenvalue weighted by molar-refractivity contribution is -0.302. The van der Waals surface area contributed by atoms with E-state index < -0.39 is 30.1 Å². The number of pyridine rings is 1. The minimum atomic E-state index is -4.90. The van der Waals surface area contributed by atoms with Crippen LogP contribution in [0.1, 0.15) is 17.7 Å². The predicted octanol–water partition coefficient (Wildman–Crippen LogP) is 5.44. The topological polar surface area (TPSA) is 65.8 Å². The Morgan fingerprint density at radius 3 is 2.50 bits per heavy atom. The highest BCUT2D eigenvalue weighted by molar-refractivity contribution is 9.10. The first-order chi connectivity index (χ1) is 18.0. The average Bonchev–Trinajstić information content (AvgIpc) is 2.86. The van der Waals surface area contributed by atoms with Gasteiger partial charge in [-0.1, -0.05) is 29.7 Å². The van der Waals surface area contributed by atoms with Crippen LogP contribution in [0.4, 0.5) is 17.6 Å². The Morgan fingerprint density at radius 1 is 1.13 bits per heavy atom. The largest absolute Gasteiger partial charge is 0.491 e. The van der Waals surface area contributed by atoms with E-state index in [0.717, 1.165) is 5.56 Å². The lowest BCUT2D eigenvalue weighted by Crippen LogP contribution is -2.63. The number of halogens is 6. The van der Waals surface area contributed by atoms with Gasteiger partial charge in [0.1, 0.15) is 24.2 Å². The minimum Gasteiger partial charge on any atom is -0.491 e. The second-order valence-electron chi connectivity index (χ2n) is 8.79. The van der Waals surface area contributed by atoms with Crippen LogP contribution in [-0.2, 0) is 0 Å². The molecule has 0 unspecified atom stereocenters. The van der Waals surface area contributed by atoms with E-state index in [0.29, 0.717) is 26.4 Å². The maximum Gasteiger partial charge on any atom is 0.419 e. The fraction of sp³-hybridized carbons (Fsp3) is 0.296. The number of aromatic nitrogens is 1. The number of aliphatic hydroxyl groups is 2. The second kappa shape index (κ2) is 11.6. The molecule has 2 aromatic carbocycles. The first-order valence-electron chi connectivity index (χ1n) is 11.5. The molecule has 0 aliphatic carbocycles. The van der Waals surface area contributed by atoms with Gasteiger partial charge in [0, 0.05) is 48.4 Å². The Labute approximate surface area is 230 Å². The minimum absolute atomic E-state index is 0.000280. The van der Waals surface area contributed by atoms with Crippen LogP contribution in [0.3, 0.4) is 0 Å². The highest BCUT2D eigenvalue weighted by Gasteiger charge is 2.59. The summed E-state index contributed by atoms with van der Waals surface area (Å²) in [6.45, 7) is 0.0591. The maximum atomic E-state index is 14.6. The van der Waals surface area contributed by atoms with Crippen LogP contribution in [-0.4, -0.2) is 64.2 Å². The number of hydrogen-bond donors (Lipinski definition) is 2. The third-order valence-corrected chi connectivity index (χ3v) is 7.10. The van der Waals surface area contributed by atoms with E-state index in [1.807, 2.05) is 0 Å².